The van der Waals surface area contributed by atoms with Crippen molar-refractivity contribution in [1.29, 1.82) is 0 Å². The summed E-state index contributed by atoms with van der Waals surface area (Å²) in [5.41, 5.74) is 2.99. The molecule has 0 aliphatic carbocycles. The van der Waals surface area contributed by atoms with Gasteiger partial charge in [0.25, 0.3) is 0 Å². The van der Waals surface area contributed by atoms with E-state index in [1.165, 1.54) is 5.56 Å². The van der Waals surface area contributed by atoms with Crippen LogP contribution in [0.1, 0.15) is 25.0 Å². The molecule has 0 atom stereocenters. The maximum Gasteiger partial charge on any atom is 0.417 e. The summed E-state index contributed by atoms with van der Waals surface area (Å²) in [5, 5.41) is 2.70. The van der Waals surface area contributed by atoms with Crippen LogP contribution in [-0.4, -0.2) is 6.09 Å². The van der Waals surface area contributed by atoms with Gasteiger partial charge in [-0.25, -0.2) is 4.79 Å². The lowest BCUT2D eigenvalue weighted by Crippen LogP contribution is -2.19. The van der Waals surface area contributed by atoms with Crippen molar-refractivity contribution in [1.82, 2.24) is 0 Å². The fourth-order valence-electron chi connectivity index (χ4n) is 2.73. The number of hydrogen-bond acceptors (Lipinski definition) is 2. The molecule has 1 N–H and O–H groups in total. The van der Waals surface area contributed by atoms with Gasteiger partial charge in [0.15, 0.2) is 0 Å². The van der Waals surface area contributed by atoms with Crippen LogP contribution in [-0.2, 0) is 5.41 Å². The molecular formula is C22H21NO2. The highest BCUT2D eigenvalue weighted by atomic mass is 16.6. The molecule has 3 aromatic rings. The van der Waals surface area contributed by atoms with Crippen molar-refractivity contribution in [2.45, 2.75) is 19.3 Å². The molecule has 0 heterocycles. The predicted molar refractivity (Wildman–Crippen MR) is 101 cm³/mol. The summed E-state index contributed by atoms with van der Waals surface area (Å²) in [6.07, 6.45) is -0.499. The standard InChI is InChI=1S/C22H21NO2/c1-22(2,17-9-5-3-6-10-17)18-13-15-20(16-14-18)25-21(24)23-19-11-7-4-8-12-19/h3-16H,1-2H3,(H,23,24). The van der Waals surface area contributed by atoms with Gasteiger partial charge in [-0.2, -0.15) is 0 Å². The van der Waals surface area contributed by atoms with Gasteiger partial charge in [0, 0.05) is 11.1 Å². The molecule has 3 aromatic carbocycles. The number of amides is 1. The second-order valence-electron chi connectivity index (χ2n) is 6.40. The lowest BCUT2D eigenvalue weighted by atomic mass is 9.78. The molecule has 0 bridgehead atoms. The predicted octanol–water partition coefficient (Wildman–Crippen LogP) is 5.62. The molecule has 0 unspecified atom stereocenters. The van der Waals surface area contributed by atoms with Gasteiger partial charge < -0.3 is 4.74 Å². The topological polar surface area (TPSA) is 38.3 Å². The van der Waals surface area contributed by atoms with Crippen molar-refractivity contribution in [2.24, 2.45) is 0 Å². The highest BCUT2D eigenvalue weighted by Gasteiger charge is 2.22. The first-order valence-corrected chi connectivity index (χ1v) is 8.26. The molecule has 1 amide bonds. The molecule has 25 heavy (non-hydrogen) atoms. The van der Waals surface area contributed by atoms with Crippen LogP contribution in [0.15, 0.2) is 84.9 Å². The van der Waals surface area contributed by atoms with E-state index in [0.29, 0.717) is 11.4 Å². The van der Waals surface area contributed by atoms with Crippen LogP contribution in [0.2, 0.25) is 0 Å². The highest BCUT2D eigenvalue weighted by Crippen LogP contribution is 2.32. The number of ether oxygens (including phenoxy) is 1. The van der Waals surface area contributed by atoms with Gasteiger partial charge in [0.1, 0.15) is 5.75 Å². The minimum Gasteiger partial charge on any atom is -0.410 e. The number of anilines is 1. The molecule has 0 aliphatic rings. The molecule has 0 aliphatic heterocycles. The third-order valence-corrected chi connectivity index (χ3v) is 4.30. The first-order valence-electron chi connectivity index (χ1n) is 8.26. The number of carbonyl (C=O) groups is 1. The summed E-state index contributed by atoms with van der Waals surface area (Å²) >= 11 is 0. The summed E-state index contributed by atoms with van der Waals surface area (Å²) in [4.78, 5) is 12.0. The van der Waals surface area contributed by atoms with Crippen LogP contribution in [0.5, 0.6) is 5.75 Å². The summed E-state index contributed by atoms with van der Waals surface area (Å²) in [6, 6.07) is 27.2. The van der Waals surface area contributed by atoms with Gasteiger partial charge >= 0.3 is 6.09 Å². The van der Waals surface area contributed by atoms with E-state index in [-0.39, 0.29) is 5.41 Å². The van der Waals surface area contributed by atoms with Crippen molar-refractivity contribution in [2.75, 3.05) is 5.32 Å². The van der Waals surface area contributed by atoms with Crippen LogP contribution in [0, 0.1) is 0 Å². The Morgan fingerprint density at radius 3 is 1.88 bits per heavy atom. The highest BCUT2D eigenvalue weighted by molar-refractivity contribution is 5.86. The Labute approximate surface area is 148 Å². The van der Waals surface area contributed by atoms with Gasteiger partial charge in [-0.1, -0.05) is 74.5 Å². The normalized spacial score (nSPS) is 11.0. The Morgan fingerprint density at radius 2 is 1.28 bits per heavy atom. The number of carbonyl (C=O) groups excluding carboxylic acids is 1. The van der Waals surface area contributed by atoms with Crippen molar-refractivity contribution >= 4 is 11.8 Å². The van der Waals surface area contributed by atoms with Gasteiger partial charge in [-0.15, -0.1) is 0 Å². The average molecular weight is 331 g/mol. The minimum absolute atomic E-state index is 0.119. The zero-order valence-corrected chi connectivity index (χ0v) is 14.4. The molecule has 0 saturated heterocycles. The van der Waals surface area contributed by atoms with Crippen molar-refractivity contribution in [3.63, 3.8) is 0 Å². The summed E-state index contributed by atoms with van der Waals surface area (Å²) in [7, 11) is 0. The Balaban J connectivity index is 1.69. The van der Waals surface area contributed by atoms with Crippen molar-refractivity contribution in [3.05, 3.63) is 96.1 Å². The number of benzene rings is 3. The zero-order chi connectivity index (χ0) is 17.7. The number of hydrogen-bond donors (Lipinski definition) is 1. The largest absolute Gasteiger partial charge is 0.417 e. The summed E-state index contributed by atoms with van der Waals surface area (Å²) in [5.74, 6) is 0.515. The van der Waals surface area contributed by atoms with Crippen molar-refractivity contribution < 1.29 is 9.53 Å². The molecular weight excluding hydrogens is 310 g/mol. The molecule has 3 nitrogen and oxygen atoms in total. The van der Waals surface area contributed by atoms with Crippen LogP contribution < -0.4 is 10.1 Å². The molecule has 3 heteroatoms. The second-order valence-corrected chi connectivity index (χ2v) is 6.40. The summed E-state index contributed by atoms with van der Waals surface area (Å²) in [6.45, 7) is 4.36. The van der Waals surface area contributed by atoms with Gasteiger partial charge in [-0.3, -0.25) is 5.32 Å². The van der Waals surface area contributed by atoms with Crippen LogP contribution in [0.25, 0.3) is 0 Å². The van der Waals surface area contributed by atoms with E-state index in [9.17, 15) is 4.79 Å². The third kappa shape index (κ3) is 4.07. The number of nitrogens with one attached hydrogen (secondary N) is 1. The fourth-order valence-corrected chi connectivity index (χ4v) is 2.73. The first kappa shape index (κ1) is 16.8. The van der Waals surface area contributed by atoms with E-state index < -0.39 is 6.09 Å². The maximum atomic E-state index is 12.0. The average Bonchev–Trinajstić information content (AvgIpc) is 2.63. The van der Waals surface area contributed by atoms with Gasteiger partial charge in [0.2, 0.25) is 0 Å². The van der Waals surface area contributed by atoms with Gasteiger partial charge in [-0.05, 0) is 35.4 Å². The molecule has 0 aromatic heterocycles. The van der Waals surface area contributed by atoms with E-state index in [4.69, 9.17) is 4.74 Å². The Morgan fingerprint density at radius 1 is 0.760 bits per heavy atom. The Bertz CT molecular complexity index is 825. The molecule has 0 fully saturated rings. The minimum atomic E-state index is -0.499. The lowest BCUT2D eigenvalue weighted by molar-refractivity contribution is 0.215. The lowest BCUT2D eigenvalue weighted by Gasteiger charge is -2.26. The molecule has 0 spiro atoms. The monoisotopic (exact) mass is 331 g/mol. The van der Waals surface area contributed by atoms with E-state index in [0.717, 1.165) is 5.56 Å². The van der Waals surface area contributed by atoms with Gasteiger partial charge in [0.05, 0.1) is 0 Å². The van der Waals surface area contributed by atoms with Crippen molar-refractivity contribution in [3.8, 4) is 5.75 Å². The Kier molecular flexibility index (Phi) is 4.85. The van der Waals surface area contributed by atoms with Crippen LogP contribution >= 0.6 is 0 Å². The molecule has 0 saturated carbocycles. The van der Waals surface area contributed by atoms with E-state index in [1.807, 2.05) is 72.8 Å². The van der Waals surface area contributed by atoms with Crippen LogP contribution in [0.3, 0.4) is 0 Å². The van der Waals surface area contributed by atoms with E-state index in [2.05, 4.69) is 31.3 Å². The third-order valence-electron chi connectivity index (χ3n) is 4.30. The molecule has 126 valence electrons. The van der Waals surface area contributed by atoms with E-state index >= 15 is 0 Å². The first-order chi connectivity index (χ1) is 12.1. The second kappa shape index (κ2) is 7.22. The fraction of sp³-hybridized carbons (Fsp3) is 0.136. The van der Waals surface area contributed by atoms with E-state index in [1.54, 1.807) is 0 Å². The maximum absolute atomic E-state index is 12.0. The zero-order valence-electron chi connectivity index (χ0n) is 14.4. The van der Waals surface area contributed by atoms with Crippen LogP contribution in [0.4, 0.5) is 10.5 Å². The Hall–Kier alpha value is -3.07. The molecule has 0 radical (unpaired) electrons. The summed E-state index contributed by atoms with van der Waals surface area (Å²) < 4.78 is 5.34. The number of para-hydroxylation sites is 1. The molecule has 3 rings (SSSR count). The SMILES string of the molecule is CC(C)(c1ccccc1)c1ccc(OC(=O)Nc2ccccc2)cc1. The quantitative estimate of drug-likeness (QED) is 0.673. The number of rotatable bonds is 4. The smallest absolute Gasteiger partial charge is 0.410 e.